The van der Waals surface area contributed by atoms with Gasteiger partial charge in [-0.25, -0.2) is 4.98 Å². The number of hydrogen-bond acceptors (Lipinski definition) is 5. The van der Waals surface area contributed by atoms with Crippen molar-refractivity contribution in [3.05, 3.63) is 16.1 Å². The number of amides is 2. The quantitative estimate of drug-likeness (QED) is 0.801. The minimum absolute atomic E-state index is 0.0341. The molecule has 2 amide bonds. The molecule has 1 aromatic rings. The van der Waals surface area contributed by atoms with Gasteiger partial charge in [0.25, 0.3) is 0 Å². The van der Waals surface area contributed by atoms with Gasteiger partial charge in [0.15, 0.2) is 0 Å². The summed E-state index contributed by atoms with van der Waals surface area (Å²) in [6, 6.07) is -0.586. The summed E-state index contributed by atoms with van der Waals surface area (Å²) in [5.41, 5.74) is 8.40. The van der Waals surface area contributed by atoms with Gasteiger partial charge in [0.1, 0.15) is 0 Å². The van der Waals surface area contributed by atoms with Crippen LogP contribution in [-0.2, 0) is 16.1 Å². The third-order valence-corrected chi connectivity index (χ3v) is 4.01. The molecular formula is C13H22N4O2S. The Bertz CT molecular complexity index is 473. The predicted molar refractivity (Wildman–Crippen MR) is 79.1 cm³/mol. The van der Waals surface area contributed by atoms with Gasteiger partial charge in [-0.3, -0.25) is 9.59 Å². The number of nitrogens with two attached hydrogens (primary N) is 1. The van der Waals surface area contributed by atoms with Crippen LogP contribution in [0.25, 0.3) is 0 Å². The van der Waals surface area contributed by atoms with Crippen LogP contribution in [0.2, 0.25) is 0 Å². The number of carbonyl (C=O) groups excluding carboxylic acids is 2. The summed E-state index contributed by atoms with van der Waals surface area (Å²) in [4.78, 5) is 30.4. The smallest absolute Gasteiger partial charge is 0.242 e. The largest absolute Gasteiger partial charge is 0.346 e. The minimum atomic E-state index is -0.586. The number of thiazole rings is 1. The van der Waals surface area contributed by atoms with Crippen molar-refractivity contribution in [2.45, 2.75) is 33.4 Å². The first kappa shape index (κ1) is 16.6. The highest BCUT2D eigenvalue weighted by Crippen LogP contribution is 2.13. The summed E-state index contributed by atoms with van der Waals surface area (Å²) in [5, 5.41) is 2.57. The van der Waals surface area contributed by atoms with Gasteiger partial charge in [-0.15, -0.1) is 11.3 Å². The molecule has 0 aromatic carbocycles. The maximum atomic E-state index is 11.9. The maximum Gasteiger partial charge on any atom is 0.242 e. The molecule has 0 bridgehead atoms. The van der Waals surface area contributed by atoms with Crippen molar-refractivity contribution in [3.8, 4) is 0 Å². The van der Waals surface area contributed by atoms with Gasteiger partial charge >= 0.3 is 0 Å². The molecule has 1 heterocycles. The molecule has 112 valence electrons. The van der Waals surface area contributed by atoms with Crippen LogP contribution < -0.4 is 11.1 Å². The van der Waals surface area contributed by atoms with E-state index in [1.807, 2.05) is 20.8 Å². The molecule has 7 heteroatoms. The van der Waals surface area contributed by atoms with Gasteiger partial charge in [0.2, 0.25) is 11.8 Å². The summed E-state index contributed by atoms with van der Waals surface area (Å²) in [6.07, 6.45) is 0. The molecule has 6 nitrogen and oxygen atoms in total. The number of nitrogens with one attached hydrogen (secondary N) is 1. The lowest BCUT2D eigenvalue weighted by Gasteiger charge is -2.19. The normalized spacial score (nSPS) is 12.3. The van der Waals surface area contributed by atoms with Crippen LogP contribution in [0.4, 0.5) is 0 Å². The molecule has 0 aliphatic heterocycles. The molecular weight excluding hydrogens is 276 g/mol. The van der Waals surface area contributed by atoms with Gasteiger partial charge in [-0.2, -0.15) is 0 Å². The van der Waals surface area contributed by atoms with E-state index in [9.17, 15) is 9.59 Å². The molecule has 20 heavy (non-hydrogen) atoms. The Balaban J connectivity index is 2.43. The van der Waals surface area contributed by atoms with Crippen LogP contribution in [-0.4, -0.2) is 41.3 Å². The first-order chi connectivity index (χ1) is 9.32. The van der Waals surface area contributed by atoms with Gasteiger partial charge in [-0.05, 0) is 12.8 Å². The predicted octanol–water partition coefficient (Wildman–Crippen LogP) is 0.509. The Hall–Kier alpha value is -1.47. The molecule has 0 unspecified atom stereocenters. The molecule has 0 fully saturated rings. The summed E-state index contributed by atoms with van der Waals surface area (Å²) in [7, 11) is 1.70. The fourth-order valence-corrected chi connectivity index (χ4v) is 2.33. The Kier molecular flexibility index (Phi) is 6.09. The van der Waals surface area contributed by atoms with E-state index in [-0.39, 0.29) is 24.3 Å². The fraction of sp³-hybridized carbons (Fsp3) is 0.615. The molecule has 0 aliphatic carbocycles. The minimum Gasteiger partial charge on any atom is -0.346 e. The Labute approximate surface area is 123 Å². The number of nitrogens with zero attached hydrogens (tertiary/aromatic N) is 2. The van der Waals surface area contributed by atoms with Gasteiger partial charge in [-0.1, -0.05) is 13.8 Å². The lowest BCUT2D eigenvalue weighted by Crippen LogP contribution is -2.47. The van der Waals surface area contributed by atoms with Crippen molar-refractivity contribution in [1.29, 1.82) is 0 Å². The molecule has 3 N–H and O–H groups in total. The fourth-order valence-electron chi connectivity index (χ4n) is 1.50. The number of rotatable bonds is 6. The highest BCUT2D eigenvalue weighted by molar-refractivity contribution is 7.09. The number of likely N-dealkylation sites (N-methyl/N-ethyl adjacent to an activating group) is 1. The second kappa shape index (κ2) is 7.35. The van der Waals surface area contributed by atoms with E-state index in [4.69, 9.17) is 5.73 Å². The summed E-state index contributed by atoms with van der Waals surface area (Å²) in [5.74, 6) is -0.402. The first-order valence-electron chi connectivity index (χ1n) is 6.49. The van der Waals surface area contributed by atoms with Crippen molar-refractivity contribution < 1.29 is 9.59 Å². The van der Waals surface area contributed by atoms with E-state index < -0.39 is 6.04 Å². The second-order valence-corrected chi connectivity index (χ2v) is 6.04. The van der Waals surface area contributed by atoms with Crippen LogP contribution in [0.5, 0.6) is 0 Å². The third kappa shape index (κ3) is 4.57. The van der Waals surface area contributed by atoms with Crippen molar-refractivity contribution in [2.75, 3.05) is 13.6 Å². The topological polar surface area (TPSA) is 88.3 Å². The first-order valence-corrected chi connectivity index (χ1v) is 7.37. The monoisotopic (exact) mass is 298 g/mol. The van der Waals surface area contributed by atoms with Crippen LogP contribution in [0, 0.1) is 12.8 Å². The summed E-state index contributed by atoms with van der Waals surface area (Å²) >= 11 is 1.52. The standard InChI is InChI=1S/C13H22N4O2S/c1-8(2)12(14)13(19)15-5-11(18)17(4)6-10-9(3)16-7-20-10/h7-8,12H,5-6,14H2,1-4H3,(H,15,19)/t12-/m0/s1. The third-order valence-electron chi connectivity index (χ3n) is 3.09. The lowest BCUT2D eigenvalue weighted by atomic mass is 10.1. The zero-order chi connectivity index (χ0) is 15.3. The number of aromatic nitrogens is 1. The van der Waals surface area contributed by atoms with Crippen LogP contribution in [0.3, 0.4) is 0 Å². The molecule has 0 radical (unpaired) electrons. The molecule has 0 saturated heterocycles. The zero-order valence-electron chi connectivity index (χ0n) is 12.3. The van der Waals surface area contributed by atoms with Gasteiger partial charge in [0.05, 0.1) is 30.3 Å². The van der Waals surface area contributed by atoms with E-state index >= 15 is 0 Å². The van der Waals surface area contributed by atoms with E-state index in [0.29, 0.717) is 6.54 Å². The Morgan fingerprint density at radius 1 is 1.50 bits per heavy atom. The van der Waals surface area contributed by atoms with E-state index in [0.717, 1.165) is 10.6 Å². The lowest BCUT2D eigenvalue weighted by molar-refractivity contribution is -0.132. The van der Waals surface area contributed by atoms with E-state index in [1.165, 1.54) is 11.3 Å². The summed E-state index contributed by atoms with van der Waals surface area (Å²) < 4.78 is 0. The van der Waals surface area contributed by atoms with E-state index in [1.54, 1.807) is 17.5 Å². The number of aryl methyl sites for hydroxylation is 1. The van der Waals surface area contributed by atoms with Crippen molar-refractivity contribution in [1.82, 2.24) is 15.2 Å². The van der Waals surface area contributed by atoms with Crippen LogP contribution in [0.1, 0.15) is 24.4 Å². The van der Waals surface area contributed by atoms with Crippen molar-refractivity contribution in [2.24, 2.45) is 11.7 Å². The van der Waals surface area contributed by atoms with Crippen LogP contribution in [0.15, 0.2) is 5.51 Å². The SMILES string of the molecule is Cc1ncsc1CN(C)C(=O)CNC(=O)[C@@H](N)C(C)C. The van der Waals surface area contributed by atoms with Gasteiger partial charge in [0, 0.05) is 11.9 Å². The van der Waals surface area contributed by atoms with Crippen molar-refractivity contribution >= 4 is 23.2 Å². The van der Waals surface area contributed by atoms with Crippen molar-refractivity contribution in [3.63, 3.8) is 0 Å². The average molecular weight is 298 g/mol. The Morgan fingerprint density at radius 2 is 2.15 bits per heavy atom. The average Bonchev–Trinajstić information content (AvgIpc) is 2.79. The zero-order valence-corrected chi connectivity index (χ0v) is 13.2. The maximum absolute atomic E-state index is 11.9. The van der Waals surface area contributed by atoms with Crippen LogP contribution >= 0.6 is 11.3 Å². The van der Waals surface area contributed by atoms with Gasteiger partial charge < -0.3 is 16.0 Å². The highest BCUT2D eigenvalue weighted by atomic mass is 32.1. The number of carbonyl (C=O) groups is 2. The highest BCUT2D eigenvalue weighted by Gasteiger charge is 2.19. The molecule has 0 saturated carbocycles. The molecule has 0 spiro atoms. The number of hydrogen-bond donors (Lipinski definition) is 2. The molecule has 1 rings (SSSR count). The molecule has 1 atom stereocenters. The Morgan fingerprint density at radius 3 is 2.65 bits per heavy atom. The molecule has 1 aromatic heterocycles. The molecule has 0 aliphatic rings. The van der Waals surface area contributed by atoms with E-state index in [2.05, 4.69) is 10.3 Å². The second-order valence-electron chi connectivity index (χ2n) is 5.10. The summed E-state index contributed by atoms with van der Waals surface area (Å²) in [6.45, 7) is 6.11.